The Morgan fingerprint density at radius 2 is 1.85 bits per heavy atom. The van der Waals surface area contributed by atoms with Crippen LogP contribution in [0.15, 0.2) is 42.6 Å². The van der Waals surface area contributed by atoms with Crippen LogP contribution in [0.4, 0.5) is 24.5 Å². The van der Waals surface area contributed by atoms with Crippen molar-refractivity contribution in [3.8, 4) is 5.75 Å². The first kappa shape index (κ1) is 23.2. The van der Waals surface area contributed by atoms with Gasteiger partial charge in [-0.05, 0) is 38.8 Å². The first-order chi connectivity index (χ1) is 15.7. The van der Waals surface area contributed by atoms with Crippen molar-refractivity contribution in [2.75, 3.05) is 30.4 Å². The molecule has 2 heterocycles. The van der Waals surface area contributed by atoms with Crippen molar-refractivity contribution in [3.05, 3.63) is 59.5 Å². The molecule has 1 aliphatic rings. The van der Waals surface area contributed by atoms with E-state index in [0.717, 1.165) is 17.1 Å². The molecule has 0 amide bonds. The molecule has 0 spiro atoms. The molecule has 0 radical (unpaired) electrons. The lowest BCUT2D eigenvalue weighted by Gasteiger charge is -2.37. The number of aliphatic hydroxyl groups is 1. The van der Waals surface area contributed by atoms with Gasteiger partial charge in [0.25, 0.3) is 6.43 Å². The molecular weight excluding hydrogens is 431 g/mol. The van der Waals surface area contributed by atoms with Gasteiger partial charge >= 0.3 is 0 Å². The molecule has 3 aromatic rings. The summed E-state index contributed by atoms with van der Waals surface area (Å²) in [5.41, 5.74) is 1.18. The number of nitrogens with zero attached hydrogens (tertiary/aromatic N) is 2. The third kappa shape index (κ3) is 4.71. The fourth-order valence-electron chi connectivity index (χ4n) is 4.31. The number of ether oxygens (including phenoxy) is 1. The van der Waals surface area contributed by atoms with E-state index in [-0.39, 0.29) is 5.56 Å². The molecule has 2 aromatic carbocycles. The molecule has 176 valence electrons. The first-order valence-electron chi connectivity index (χ1n) is 11.0. The Morgan fingerprint density at radius 3 is 2.52 bits per heavy atom. The van der Waals surface area contributed by atoms with Gasteiger partial charge in [-0.25, -0.2) is 13.2 Å². The van der Waals surface area contributed by atoms with Crippen molar-refractivity contribution >= 4 is 22.3 Å². The maximum Gasteiger partial charge on any atom is 0.266 e. The Kier molecular flexibility index (Phi) is 6.38. The van der Waals surface area contributed by atoms with Crippen molar-refractivity contribution in [2.24, 2.45) is 0 Å². The summed E-state index contributed by atoms with van der Waals surface area (Å²) in [6.45, 7) is 4.94. The molecule has 33 heavy (non-hydrogen) atoms. The predicted octanol–water partition coefficient (Wildman–Crippen LogP) is 5.84. The van der Waals surface area contributed by atoms with E-state index in [9.17, 15) is 18.3 Å². The minimum Gasteiger partial charge on any atom is -0.495 e. The summed E-state index contributed by atoms with van der Waals surface area (Å²) in [5, 5.41) is 14.4. The number of benzene rings is 2. The summed E-state index contributed by atoms with van der Waals surface area (Å²) in [7, 11) is 1.60. The Morgan fingerprint density at radius 1 is 1.15 bits per heavy atom. The fourth-order valence-corrected chi connectivity index (χ4v) is 4.31. The summed E-state index contributed by atoms with van der Waals surface area (Å²) in [5.74, 6) is -0.217. The topological polar surface area (TPSA) is 57.6 Å². The molecule has 2 N–H and O–H groups in total. The Hall–Kier alpha value is -3.00. The van der Waals surface area contributed by atoms with Gasteiger partial charge in [-0.3, -0.25) is 4.98 Å². The van der Waals surface area contributed by atoms with Crippen molar-refractivity contribution < 1.29 is 23.0 Å². The molecule has 0 bridgehead atoms. The molecule has 4 rings (SSSR count). The highest BCUT2D eigenvalue weighted by molar-refractivity contribution is 5.95. The standard InChI is InChI=1S/C25H28F3N3O2/c1-15(16-5-4-6-17(23(16)26)24(27)28)30-19-7-10-29-20-14-22(33-3)21(13-18(19)20)31-11-8-25(2,32)9-12-31/h4-7,10,13-15,24,32H,8-9,11-12H2,1-3H3,(H,29,30). The third-order valence-electron chi connectivity index (χ3n) is 6.36. The molecule has 1 unspecified atom stereocenters. The zero-order valence-corrected chi connectivity index (χ0v) is 18.9. The molecule has 1 atom stereocenters. The average molecular weight is 460 g/mol. The van der Waals surface area contributed by atoms with E-state index in [4.69, 9.17) is 4.74 Å². The van der Waals surface area contributed by atoms with Gasteiger partial charge in [0.1, 0.15) is 11.6 Å². The molecule has 0 aliphatic carbocycles. The highest BCUT2D eigenvalue weighted by atomic mass is 19.3. The van der Waals surface area contributed by atoms with Crippen LogP contribution in [-0.2, 0) is 0 Å². The van der Waals surface area contributed by atoms with E-state index in [1.807, 2.05) is 19.1 Å². The molecule has 1 aliphatic heterocycles. The molecule has 1 saturated heterocycles. The zero-order valence-electron chi connectivity index (χ0n) is 18.9. The highest BCUT2D eigenvalue weighted by Gasteiger charge is 2.29. The Bertz CT molecular complexity index is 1140. The number of hydrogen-bond donors (Lipinski definition) is 2. The van der Waals surface area contributed by atoms with Crippen LogP contribution in [0.1, 0.15) is 50.3 Å². The monoisotopic (exact) mass is 459 g/mol. The van der Waals surface area contributed by atoms with Crippen LogP contribution >= 0.6 is 0 Å². The number of methoxy groups -OCH3 is 1. The maximum absolute atomic E-state index is 14.7. The minimum atomic E-state index is -2.88. The van der Waals surface area contributed by atoms with Gasteiger partial charge in [0.05, 0.1) is 35.5 Å². The molecule has 8 heteroatoms. The number of anilines is 2. The first-order valence-corrected chi connectivity index (χ1v) is 11.0. The van der Waals surface area contributed by atoms with Crippen molar-refractivity contribution in [2.45, 2.75) is 44.8 Å². The lowest BCUT2D eigenvalue weighted by Crippen LogP contribution is -2.42. The number of piperidine rings is 1. The van der Waals surface area contributed by atoms with Gasteiger partial charge in [0, 0.05) is 42.0 Å². The van der Waals surface area contributed by atoms with Crippen LogP contribution in [0.25, 0.3) is 10.9 Å². The summed E-state index contributed by atoms with van der Waals surface area (Å²) < 4.78 is 46.6. The van der Waals surface area contributed by atoms with E-state index in [1.165, 1.54) is 12.1 Å². The van der Waals surface area contributed by atoms with Gasteiger partial charge in [-0.15, -0.1) is 0 Å². The van der Waals surface area contributed by atoms with Crippen molar-refractivity contribution in [3.63, 3.8) is 0 Å². The molecule has 1 aromatic heterocycles. The van der Waals surface area contributed by atoms with Gasteiger partial charge in [-0.2, -0.15) is 0 Å². The summed E-state index contributed by atoms with van der Waals surface area (Å²) in [6.07, 6.45) is 0.0477. The van der Waals surface area contributed by atoms with Crippen LogP contribution in [0.2, 0.25) is 0 Å². The highest BCUT2D eigenvalue weighted by Crippen LogP contribution is 2.38. The second-order valence-electron chi connectivity index (χ2n) is 8.80. The van der Waals surface area contributed by atoms with Crippen LogP contribution in [0, 0.1) is 5.82 Å². The second-order valence-corrected chi connectivity index (χ2v) is 8.80. The van der Waals surface area contributed by atoms with Gasteiger partial charge in [0.15, 0.2) is 0 Å². The van der Waals surface area contributed by atoms with Crippen LogP contribution < -0.4 is 15.0 Å². The Labute approximate surface area is 191 Å². The maximum atomic E-state index is 14.7. The smallest absolute Gasteiger partial charge is 0.266 e. The second kappa shape index (κ2) is 9.09. The molecule has 1 fully saturated rings. The predicted molar refractivity (Wildman–Crippen MR) is 124 cm³/mol. The number of hydrogen-bond acceptors (Lipinski definition) is 5. The number of fused-ring (bicyclic) bond motifs is 1. The SMILES string of the molecule is COc1cc2nccc(NC(C)c3cccc(C(F)F)c3F)c2cc1N1CCC(C)(O)CC1. The summed E-state index contributed by atoms with van der Waals surface area (Å²) in [6, 6.07) is 9.11. The fraction of sp³-hybridized carbons (Fsp3) is 0.400. The van der Waals surface area contributed by atoms with Crippen LogP contribution in [0.5, 0.6) is 5.75 Å². The number of aromatic nitrogens is 1. The van der Waals surface area contributed by atoms with Crippen LogP contribution in [-0.4, -0.2) is 35.9 Å². The van der Waals surface area contributed by atoms with E-state index in [1.54, 1.807) is 26.3 Å². The number of pyridine rings is 1. The Balaban J connectivity index is 1.70. The van der Waals surface area contributed by atoms with Crippen LogP contribution in [0.3, 0.4) is 0 Å². The van der Waals surface area contributed by atoms with E-state index >= 15 is 0 Å². The number of nitrogens with one attached hydrogen (secondary N) is 1. The van der Waals surface area contributed by atoms with Crippen molar-refractivity contribution in [1.82, 2.24) is 4.98 Å². The summed E-state index contributed by atoms with van der Waals surface area (Å²) >= 11 is 0. The minimum absolute atomic E-state index is 0.171. The van der Waals surface area contributed by atoms with E-state index < -0.39 is 29.4 Å². The normalized spacial score (nSPS) is 16.8. The van der Waals surface area contributed by atoms with Gasteiger partial charge in [-0.1, -0.05) is 18.2 Å². The molecule has 0 saturated carbocycles. The van der Waals surface area contributed by atoms with Gasteiger partial charge in [0.2, 0.25) is 0 Å². The summed E-state index contributed by atoms with van der Waals surface area (Å²) in [4.78, 5) is 6.61. The number of halogens is 3. The number of rotatable bonds is 6. The molecular formula is C25H28F3N3O2. The van der Waals surface area contributed by atoms with Gasteiger partial charge < -0.3 is 20.1 Å². The van der Waals surface area contributed by atoms with E-state index in [0.29, 0.717) is 42.9 Å². The van der Waals surface area contributed by atoms with Crippen molar-refractivity contribution in [1.29, 1.82) is 0 Å². The third-order valence-corrected chi connectivity index (χ3v) is 6.36. The average Bonchev–Trinajstić information content (AvgIpc) is 2.78. The molecule has 5 nitrogen and oxygen atoms in total. The lowest BCUT2D eigenvalue weighted by atomic mass is 9.93. The quantitative estimate of drug-likeness (QED) is 0.485. The van der Waals surface area contributed by atoms with E-state index in [2.05, 4.69) is 15.2 Å². The largest absolute Gasteiger partial charge is 0.495 e. The lowest BCUT2D eigenvalue weighted by molar-refractivity contribution is 0.0350. The zero-order chi connectivity index (χ0) is 23.8. The number of alkyl halides is 2.